The van der Waals surface area contributed by atoms with Crippen molar-refractivity contribution in [3.8, 4) is 56.3 Å². The number of halogens is 3. The van der Waals surface area contributed by atoms with Crippen LogP contribution in [0.2, 0.25) is 0 Å². The molecule has 0 atom stereocenters. The van der Waals surface area contributed by atoms with Gasteiger partial charge in [0.15, 0.2) is 0 Å². The number of para-hydroxylation sites is 1. The summed E-state index contributed by atoms with van der Waals surface area (Å²) in [4.78, 5) is 29.8. The van der Waals surface area contributed by atoms with Gasteiger partial charge in [0.25, 0.3) is 0 Å². The van der Waals surface area contributed by atoms with Crippen LogP contribution in [0.3, 0.4) is 0 Å². The molecule has 108 heavy (non-hydrogen) atoms. The fourth-order valence-corrected chi connectivity index (χ4v) is 9.67. The molecule has 0 aliphatic rings. The summed E-state index contributed by atoms with van der Waals surface area (Å²) >= 11 is 0. The third-order valence-electron chi connectivity index (χ3n) is 14.6. The van der Waals surface area contributed by atoms with Crippen LogP contribution in [0, 0.1) is 104 Å². The fraction of sp³-hybridized carbons (Fsp3) is 0.261. The van der Waals surface area contributed by atoms with Crippen molar-refractivity contribution in [1.82, 2.24) is 34.9 Å². The average Bonchev–Trinajstić information content (AvgIpc) is 1.60. The predicted octanol–water partition coefficient (Wildman–Crippen LogP) is 21.4. The molecule has 0 aliphatic carbocycles. The maximum atomic E-state index is 10.7. The van der Waals surface area contributed by atoms with Gasteiger partial charge in [-0.05, 0) is 185 Å². The molecule has 570 valence electrons. The maximum Gasteiger partial charge on any atom is 0.522 e. The standard InChI is InChI=1S/C23H24N2O.C23H23N2O.3C13H12N.CHF3O3S.2CH4O.2Ir/c2*1-14-13-24-20(11-16(14)12-23(3,4)5)19-8-6-7-17-18-10-9-15(2)25-22(18)26-21(17)19;3*1-10-8-13(14-9-11(10)2)12-6-4-3-5-7-12;2-1(3,4)8(5,6)7;2*1-2;;/h6-11,13H,12H2,1-5H3;6-7,9-11,13H,12H2,1-5H3;3*3-6,8-9H,1-2H3;(H,5,6,7);2*2H,1H3;;/q;4*-1;;;;;/i2*2D3,12D2;2*1D3,2D3;2D3;;;;;. The Morgan fingerprint density at radius 2 is 0.806 bits per heavy atom. The SMILES string of the molecule is CO.CO.O=S(=O)(O)C(F)(F)F.[2H]C([2H])([2H])c1ccc2c(n1)oc1c(-c3cc(C([2H])([2H])C(C)(C)C)c(C)cn3)[c-]ccc12.[2H]C([2H])([2H])c1ccc2c(n1)oc1c(-c3cc(C([2H])([2H])C(C)(C)C)c(C)cn3)cccc12.[2H]C([2H])([2H])c1cnc(-c2[c-]cccc2)cc1C.[2H]C([2H])([2H])c1cnc(-c2[c-]cccc2)cc1C([2H])([2H])[2H].[2H]C([2H])([2H])c1cnc(-c2[c-]cccc2)cc1C([2H])([2H])[2H].[Ir].[Ir]. The first kappa shape index (κ1) is 57.7. The van der Waals surface area contributed by atoms with Crippen LogP contribution < -0.4 is 0 Å². The van der Waals surface area contributed by atoms with E-state index in [2.05, 4.69) is 59.2 Å². The number of aliphatic hydroxyl groups is 2. The predicted molar refractivity (Wildman–Crippen MR) is 421 cm³/mol. The molecule has 0 saturated carbocycles. The van der Waals surface area contributed by atoms with Crippen LogP contribution in [0.25, 0.3) is 100 Å². The number of alkyl halides is 3. The number of rotatable bonds is 7. The summed E-state index contributed by atoms with van der Waals surface area (Å²) in [5.41, 5.74) is 3.66. The normalized spacial score (nSPS) is 15.5. The summed E-state index contributed by atoms with van der Waals surface area (Å²) in [6.45, 7) is -0.0344. The molecule has 0 amide bonds. The van der Waals surface area contributed by atoms with Crippen LogP contribution in [0.4, 0.5) is 13.2 Å². The third kappa shape index (κ3) is 24.9. The van der Waals surface area contributed by atoms with Gasteiger partial charge in [0.1, 0.15) is 5.58 Å². The zero-order valence-electron chi connectivity index (χ0n) is 85.2. The average molecular weight is 1860 g/mol. The van der Waals surface area contributed by atoms with Crippen LogP contribution in [0.15, 0.2) is 198 Å². The van der Waals surface area contributed by atoms with Gasteiger partial charge in [-0.1, -0.05) is 111 Å². The van der Waals surface area contributed by atoms with E-state index in [4.69, 9.17) is 66.3 Å². The van der Waals surface area contributed by atoms with E-state index in [1.165, 1.54) is 30.5 Å². The van der Waals surface area contributed by atoms with Gasteiger partial charge in [-0.25, -0.2) is 9.97 Å². The van der Waals surface area contributed by atoms with Crippen LogP contribution in [0.1, 0.15) is 143 Å². The number of aromatic nitrogens is 7. The zero-order chi connectivity index (χ0) is 98.9. The van der Waals surface area contributed by atoms with E-state index >= 15 is 0 Å². The van der Waals surface area contributed by atoms with E-state index < -0.39 is 87.2 Å². The number of aryl methyl sites for hydroxylation is 10. The van der Waals surface area contributed by atoms with Crippen LogP contribution in [-0.2, 0) is 63.1 Å². The topological polar surface area (TPSA) is 211 Å². The monoisotopic (exact) mass is 1860 g/mol. The Hall–Kier alpha value is -9.33. The summed E-state index contributed by atoms with van der Waals surface area (Å²) in [5.74, 6) is 0. The quantitative estimate of drug-likeness (QED) is 0.0770. The molecule has 0 saturated heterocycles. The van der Waals surface area contributed by atoms with Gasteiger partial charge in [0.2, 0.25) is 11.4 Å². The Labute approximate surface area is 695 Å². The molecular weight excluding hydrogens is 1740 g/mol. The molecule has 5 aromatic carbocycles. The fourth-order valence-electron chi connectivity index (χ4n) is 9.67. The Bertz CT molecular complexity index is 6100. The zero-order valence-corrected chi connectivity index (χ0v) is 65.8. The molecule has 2 radical (unpaired) electrons. The summed E-state index contributed by atoms with van der Waals surface area (Å²) in [7, 11) is -3.84. The number of hydrogen-bond acceptors (Lipinski definition) is 13. The minimum Gasteiger partial charge on any atom is -0.486 e. The summed E-state index contributed by atoms with van der Waals surface area (Å²) in [6, 6.07) is 57.1. The molecule has 0 fully saturated rings. The molecule has 9 heterocycles. The number of furan rings is 2. The minimum absolute atomic E-state index is 0. The van der Waals surface area contributed by atoms with Gasteiger partial charge in [0.05, 0.1) is 11.3 Å². The molecule has 20 heteroatoms. The third-order valence-corrected chi connectivity index (χ3v) is 15.2. The molecular formula is C88H92F3Ir2N7O7S-4. The minimum atomic E-state index is -5.84. The number of nitrogens with zero attached hydrogens (tertiary/aromatic N) is 7. The van der Waals surface area contributed by atoms with Gasteiger partial charge in [-0.15, -0.1) is 126 Å². The summed E-state index contributed by atoms with van der Waals surface area (Å²) in [6.07, 6.45) is 3.86. The number of hydrogen-bond donors (Lipinski definition) is 3. The molecule has 14 nitrogen and oxygen atoms in total. The van der Waals surface area contributed by atoms with Crippen molar-refractivity contribution in [2.24, 2.45) is 10.8 Å². The van der Waals surface area contributed by atoms with Gasteiger partial charge >= 0.3 is 15.6 Å². The second kappa shape index (κ2) is 40.2. The molecule has 14 rings (SSSR count). The number of pyridine rings is 7. The Morgan fingerprint density at radius 1 is 0.426 bits per heavy atom. The van der Waals surface area contributed by atoms with Crippen LogP contribution >= 0.6 is 0 Å². The van der Waals surface area contributed by atoms with Crippen molar-refractivity contribution < 1.29 is 120 Å². The first-order chi connectivity index (χ1) is 60.2. The van der Waals surface area contributed by atoms with Gasteiger partial charge in [-0.3, -0.25) is 9.54 Å². The second-order valence-electron chi connectivity index (χ2n) is 25.0. The molecule has 0 spiro atoms. The van der Waals surface area contributed by atoms with Crippen LogP contribution in [0.5, 0.6) is 0 Å². The van der Waals surface area contributed by atoms with Crippen molar-refractivity contribution in [1.29, 1.82) is 0 Å². The van der Waals surface area contributed by atoms with E-state index in [0.29, 0.717) is 78.3 Å². The van der Waals surface area contributed by atoms with Crippen molar-refractivity contribution in [3.63, 3.8) is 0 Å². The molecule has 0 bridgehead atoms. The van der Waals surface area contributed by atoms with Gasteiger partial charge in [-0.2, -0.15) is 21.6 Å². The van der Waals surface area contributed by atoms with Crippen molar-refractivity contribution in [2.75, 3.05) is 14.2 Å². The van der Waals surface area contributed by atoms with Crippen molar-refractivity contribution in [2.45, 2.75) is 129 Å². The van der Waals surface area contributed by atoms with Crippen molar-refractivity contribution in [3.05, 3.63) is 280 Å². The number of aliphatic hydroxyl groups excluding tert-OH is 2. The summed E-state index contributed by atoms with van der Waals surface area (Å²) < 4.78 is 261. The van der Waals surface area contributed by atoms with E-state index in [1.807, 2.05) is 104 Å². The number of benzene rings is 5. The van der Waals surface area contributed by atoms with Gasteiger partial charge < -0.3 is 39.0 Å². The Balaban J connectivity index is 0.000000289. The van der Waals surface area contributed by atoms with Crippen LogP contribution in [-0.4, -0.2) is 77.8 Å². The first-order valence-electron chi connectivity index (χ1n) is 44.6. The van der Waals surface area contributed by atoms with Crippen molar-refractivity contribution >= 4 is 54.3 Å². The van der Waals surface area contributed by atoms with E-state index in [1.54, 1.807) is 104 Å². The molecule has 3 N–H and O–H groups in total. The first-order valence-corrected chi connectivity index (χ1v) is 33.5. The Kier molecular flexibility index (Phi) is 21.5. The second-order valence-corrected chi connectivity index (χ2v) is 26.4. The number of fused-ring (bicyclic) bond motifs is 6. The molecule has 9 aromatic heterocycles. The summed E-state index contributed by atoms with van der Waals surface area (Å²) in [5, 5.41) is 17.0. The smallest absolute Gasteiger partial charge is 0.486 e. The van der Waals surface area contributed by atoms with E-state index in [-0.39, 0.29) is 85.3 Å². The van der Waals surface area contributed by atoms with E-state index in [0.717, 1.165) is 70.7 Å². The molecule has 0 aliphatic heterocycles. The van der Waals surface area contributed by atoms with E-state index in [9.17, 15) is 13.2 Å². The largest absolute Gasteiger partial charge is 0.522 e. The van der Waals surface area contributed by atoms with Gasteiger partial charge in [0, 0.05) is 153 Å². The maximum absolute atomic E-state index is 10.7. The molecule has 0 unspecified atom stereocenters. The molecule has 14 aromatic rings. The Morgan fingerprint density at radius 3 is 1.19 bits per heavy atom.